The van der Waals surface area contributed by atoms with Crippen molar-refractivity contribution in [2.24, 2.45) is 62.6 Å². The minimum Gasteiger partial charge on any atom is -0.481 e. The van der Waals surface area contributed by atoms with E-state index in [1.165, 1.54) is 29.6 Å². The molecular formula is C46H69NO6. The monoisotopic (exact) mass is 732 g/mol. The summed E-state index contributed by atoms with van der Waals surface area (Å²) in [6.45, 7) is 18.0. The summed E-state index contributed by atoms with van der Waals surface area (Å²) in [5.41, 5.74) is 4.72. The fourth-order valence-electron chi connectivity index (χ4n) is 14.4. The average Bonchev–Trinajstić information content (AvgIpc) is 3.39. The van der Waals surface area contributed by atoms with Gasteiger partial charge in [0.05, 0.1) is 12.0 Å². The molecule has 0 aromatic rings. The minimum atomic E-state index is -0.788. The van der Waals surface area contributed by atoms with Crippen molar-refractivity contribution in [2.45, 2.75) is 144 Å². The molecule has 4 fully saturated rings. The van der Waals surface area contributed by atoms with Crippen LogP contribution in [0.25, 0.3) is 0 Å². The number of carboxylic acids is 1. The summed E-state index contributed by atoms with van der Waals surface area (Å²) in [5, 5.41) is 22.1. The molecule has 7 heteroatoms. The van der Waals surface area contributed by atoms with Crippen molar-refractivity contribution in [3.05, 3.63) is 34.4 Å². The number of ketones is 1. The van der Waals surface area contributed by atoms with Crippen molar-refractivity contribution in [3.63, 3.8) is 0 Å². The molecule has 7 aliphatic rings. The molecule has 0 heterocycles. The Morgan fingerprint density at radius 1 is 0.943 bits per heavy atom. The van der Waals surface area contributed by atoms with E-state index in [-0.39, 0.29) is 64.3 Å². The number of amides is 1. The fourth-order valence-corrected chi connectivity index (χ4v) is 14.4. The SMILES string of the molecule is COCC(=O)N(CC1CCC1)C[C@H](O)[C@@]12CC[C@]3(C)[C@H](CC[C@@H]4[C@@]5(C)CC=C(C6=CCC(C(=O)O)CC6)C(C)(C)[C@@H]5CC[C@]43C)C1=C(C(C)C)C(=O)C2. The van der Waals surface area contributed by atoms with E-state index in [9.17, 15) is 24.6 Å². The number of hydrogen-bond acceptors (Lipinski definition) is 5. The van der Waals surface area contributed by atoms with E-state index in [1.807, 2.05) is 4.90 Å². The molecule has 0 saturated heterocycles. The summed E-state index contributed by atoms with van der Waals surface area (Å²) in [7, 11) is 1.56. The van der Waals surface area contributed by atoms with Crippen LogP contribution in [0.15, 0.2) is 34.4 Å². The largest absolute Gasteiger partial charge is 0.481 e. The van der Waals surface area contributed by atoms with Crippen LogP contribution in [0.2, 0.25) is 0 Å². The predicted octanol–water partition coefficient (Wildman–Crippen LogP) is 8.95. The lowest BCUT2D eigenvalue weighted by molar-refractivity contribution is -0.202. The Labute approximate surface area is 319 Å². The van der Waals surface area contributed by atoms with Gasteiger partial charge in [0.15, 0.2) is 5.78 Å². The molecule has 9 atom stereocenters. The number of carbonyl (C=O) groups is 3. The zero-order valence-electron chi connectivity index (χ0n) is 34.2. The molecule has 0 spiro atoms. The second-order valence-corrected chi connectivity index (χ2v) is 20.5. The Bertz CT molecular complexity index is 1600. The zero-order chi connectivity index (χ0) is 38.3. The third-order valence-electron chi connectivity index (χ3n) is 17.5. The highest BCUT2D eigenvalue weighted by molar-refractivity contribution is 6.00. The molecule has 4 saturated carbocycles. The summed E-state index contributed by atoms with van der Waals surface area (Å²) < 4.78 is 5.29. The van der Waals surface area contributed by atoms with Gasteiger partial charge in [-0.15, -0.1) is 0 Å². The van der Waals surface area contributed by atoms with Crippen LogP contribution >= 0.6 is 0 Å². The van der Waals surface area contributed by atoms with Crippen LogP contribution in [0.5, 0.6) is 0 Å². The van der Waals surface area contributed by atoms with Crippen LogP contribution in [0, 0.1) is 62.6 Å². The first-order valence-corrected chi connectivity index (χ1v) is 21.3. The van der Waals surface area contributed by atoms with Gasteiger partial charge in [-0.1, -0.05) is 72.6 Å². The maximum Gasteiger partial charge on any atom is 0.306 e. The van der Waals surface area contributed by atoms with Gasteiger partial charge in [0.2, 0.25) is 5.91 Å². The van der Waals surface area contributed by atoms with Gasteiger partial charge in [-0.2, -0.15) is 0 Å². The van der Waals surface area contributed by atoms with E-state index < -0.39 is 17.5 Å². The lowest BCUT2D eigenvalue weighted by Crippen LogP contribution is -2.65. The van der Waals surface area contributed by atoms with E-state index in [1.54, 1.807) is 7.11 Å². The topological polar surface area (TPSA) is 104 Å². The highest BCUT2D eigenvalue weighted by Gasteiger charge is 2.70. The fraction of sp³-hybridized carbons (Fsp3) is 0.804. The van der Waals surface area contributed by atoms with Gasteiger partial charge >= 0.3 is 5.97 Å². The molecule has 0 aromatic heterocycles. The summed E-state index contributed by atoms with van der Waals surface area (Å²) >= 11 is 0. The number of nitrogens with zero attached hydrogens (tertiary/aromatic N) is 1. The van der Waals surface area contributed by atoms with E-state index >= 15 is 0 Å². The van der Waals surface area contributed by atoms with Crippen LogP contribution in [-0.2, 0) is 19.1 Å². The molecule has 7 nitrogen and oxygen atoms in total. The Kier molecular flexibility index (Phi) is 10.1. The number of aliphatic hydroxyl groups is 1. The Morgan fingerprint density at radius 3 is 2.28 bits per heavy atom. The Morgan fingerprint density at radius 2 is 1.68 bits per heavy atom. The molecule has 2 N–H and O–H groups in total. The Balaban J connectivity index is 1.21. The van der Waals surface area contributed by atoms with Gasteiger partial charge in [-0.3, -0.25) is 14.4 Å². The number of rotatable bonds is 10. The van der Waals surface area contributed by atoms with Gasteiger partial charge in [0.1, 0.15) is 6.61 Å². The smallest absolute Gasteiger partial charge is 0.306 e. The van der Waals surface area contributed by atoms with Crippen molar-refractivity contribution in [2.75, 3.05) is 26.8 Å². The number of ether oxygens (including phenoxy) is 1. The second kappa shape index (κ2) is 13.7. The molecule has 7 rings (SSSR count). The summed E-state index contributed by atoms with van der Waals surface area (Å²) in [6.07, 6.45) is 17.4. The number of hydrogen-bond donors (Lipinski definition) is 2. The standard InChI is InChI=1S/C46H69NO6/c1-28(2)39-34(48)24-46(37(49)26-47(38(50)27-53-8)25-29-10-9-11-29)23-22-44(6)33(40(39)46)16-17-36-43(5)20-18-32(30-12-14-31(15-13-30)41(51)52)42(3,4)35(43)19-21-45(36,44)7/h12,18,28-29,31,33,35-37,49H,9-11,13-17,19-27H2,1-8H3,(H,51,52)/t31?,33-,35+,36-,37+,43+,44-,45-,46+/m1/s1. The third-order valence-corrected chi connectivity index (χ3v) is 17.5. The van der Waals surface area contributed by atoms with E-state index in [0.717, 1.165) is 69.8 Å². The number of aliphatic carboxylic acids is 1. The lowest BCUT2D eigenvalue weighted by Gasteiger charge is -2.71. The number of carbonyl (C=O) groups excluding carboxylic acids is 2. The van der Waals surface area contributed by atoms with Crippen molar-refractivity contribution >= 4 is 17.7 Å². The van der Waals surface area contributed by atoms with Crippen molar-refractivity contribution in [1.82, 2.24) is 4.90 Å². The van der Waals surface area contributed by atoms with E-state index in [4.69, 9.17) is 4.74 Å². The molecule has 1 amide bonds. The zero-order valence-corrected chi connectivity index (χ0v) is 34.2. The third kappa shape index (κ3) is 5.89. The number of Topliss-reactive ketones (excluding diaryl/α,β-unsaturated/α-hetero) is 1. The number of methoxy groups -OCH3 is 1. The maximum atomic E-state index is 14.2. The van der Waals surface area contributed by atoms with Crippen molar-refractivity contribution in [1.29, 1.82) is 0 Å². The quantitative estimate of drug-likeness (QED) is 0.233. The molecular weight excluding hydrogens is 663 g/mol. The number of carboxylic acid groups (broad SMARTS) is 1. The molecule has 1 unspecified atom stereocenters. The van der Waals surface area contributed by atoms with Crippen LogP contribution in [0.3, 0.4) is 0 Å². The summed E-state index contributed by atoms with van der Waals surface area (Å²) in [5.74, 6) is 1.12. The first-order valence-electron chi connectivity index (χ1n) is 21.3. The summed E-state index contributed by atoms with van der Waals surface area (Å²) in [4.78, 5) is 41.1. The molecule has 0 aliphatic heterocycles. The van der Waals surface area contributed by atoms with Crippen LogP contribution in [0.4, 0.5) is 0 Å². The molecule has 0 aromatic carbocycles. The van der Waals surface area contributed by atoms with Crippen LogP contribution < -0.4 is 0 Å². The molecule has 0 bridgehead atoms. The highest BCUT2D eigenvalue weighted by Crippen LogP contribution is 2.77. The average molecular weight is 732 g/mol. The van der Waals surface area contributed by atoms with E-state index in [0.29, 0.717) is 37.1 Å². The second-order valence-electron chi connectivity index (χ2n) is 20.5. The minimum absolute atomic E-state index is 0.00340. The van der Waals surface area contributed by atoms with Gasteiger partial charge in [0, 0.05) is 32.0 Å². The predicted molar refractivity (Wildman–Crippen MR) is 208 cm³/mol. The van der Waals surface area contributed by atoms with Crippen LogP contribution in [-0.4, -0.2) is 65.7 Å². The Hall–Kier alpha value is -2.25. The summed E-state index contributed by atoms with van der Waals surface area (Å²) in [6, 6.07) is 0. The normalized spacial score (nSPS) is 39.9. The van der Waals surface area contributed by atoms with Gasteiger partial charge in [0.25, 0.3) is 0 Å². The van der Waals surface area contributed by atoms with Crippen LogP contribution in [0.1, 0.15) is 138 Å². The first kappa shape index (κ1) is 39.0. The number of fused-ring (bicyclic) bond motifs is 7. The molecule has 7 aliphatic carbocycles. The molecule has 294 valence electrons. The molecule has 0 radical (unpaired) electrons. The van der Waals surface area contributed by atoms with Gasteiger partial charge in [-0.25, -0.2) is 0 Å². The van der Waals surface area contributed by atoms with Crippen molar-refractivity contribution < 1.29 is 29.3 Å². The number of allylic oxidation sites excluding steroid dienone is 5. The molecule has 53 heavy (non-hydrogen) atoms. The highest BCUT2D eigenvalue weighted by atomic mass is 16.5. The van der Waals surface area contributed by atoms with E-state index in [2.05, 4.69) is 60.6 Å². The maximum absolute atomic E-state index is 14.2. The lowest BCUT2D eigenvalue weighted by atomic mass is 9.33. The van der Waals surface area contributed by atoms with Gasteiger partial charge in [-0.05, 0) is 145 Å². The first-order chi connectivity index (χ1) is 24.9. The van der Waals surface area contributed by atoms with Crippen molar-refractivity contribution in [3.8, 4) is 0 Å². The number of aliphatic hydroxyl groups excluding tert-OH is 1. The van der Waals surface area contributed by atoms with Gasteiger partial charge < -0.3 is 19.8 Å².